The van der Waals surface area contributed by atoms with Crippen molar-refractivity contribution < 1.29 is 0 Å². The average molecular weight is 551 g/mol. The first-order valence-electron chi connectivity index (χ1n) is 15.0. The van der Waals surface area contributed by atoms with Crippen LogP contribution in [-0.2, 0) is 18.3 Å². The lowest BCUT2D eigenvalue weighted by Crippen LogP contribution is -2.61. The van der Waals surface area contributed by atoms with Gasteiger partial charge in [0.1, 0.15) is 0 Å². The number of benzene rings is 4. The first-order chi connectivity index (χ1) is 19.9. The molecule has 0 saturated carbocycles. The van der Waals surface area contributed by atoms with Gasteiger partial charge in [-0.25, -0.2) is 0 Å². The van der Waals surface area contributed by atoms with Crippen LogP contribution in [0.1, 0.15) is 55.2 Å². The van der Waals surface area contributed by atoms with Gasteiger partial charge in [0.05, 0.1) is 5.00 Å². The second-order valence-corrected chi connectivity index (χ2v) is 14.0. The molecule has 0 fully saturated rings. The van der Waals surface area contributed by atoms with Gasteiger partial charge in [-0.15, -0.1) is 11.3 Å². The average Bonchev–Trinajstić information content (AvgIpc) is 3.36. The molecule has 0 spiro atoms. The Labute approximate surface area is 248 Å². The Hall–Kier alpha value is -3.76. The molecule has 3 heterocycles. The minimum Gasteiger partial charge on any atom is -0.311 e. The Balaban J connectivity index is 1.44. The van der Waals surface area contributed by atoms with Crippen molar-refractivity contribution in [3.63, 3.8) is 0 Å². The molecule has 0 saturated heterocycles. The molecule has 1 aliphatic carbocycles. The highest BCUT2D eigenvalue weighted by molar-refractivity contribution is 7.20. The molecule has 0 bridgehead atoms. The van der Waals surface area contributed by atoms with Gasteiger partial charge in [-0.2, -0.15) is 0 Å². The molecule has 0 amide bonds. The van der Waals surface area contributed by atoms with E-state index < -0.39 is 0 Å². The van der Waals surface area contributed by atoms with Gasteiger partial charge in [-0.1, -0.05) is 69.3 Å². The van der Waals surface area contributed by atoms with E-state index >= 15 is 0 Å². The summed E-state index contributed by atoms with van der Waals surface area (Å²) < 4.78 is 0. The van der Waals surface area contributed by atoms with E-state index in [2.05, 4.69) is 128 Å². The molecule has 0 atom stereocenters. The monoisotopic (exact) mass is 550 g/mol. The first-order valence-corrected chi connectivity index (χ1v) is 15.9. The molecule has 8 rings (SSSR count). The highest BCUT2D eigenvalue weighted by Crippen LogP contribution is 2.48. The minimum absolute atomic E-state index is 0.122. The number of rotatable bonds is 2. The van der Waals surface area contributed by atoms with Gasteiger partial charge in [0.2, 0.25) is 0 Å². The Morgan fingerprint density at radius 3 is 2.10 bits per heavy atom. The van der Waals surface area contributed by atoms with E-state index in [0.717, 1.165) is 0 Å². The predicted octanol–water partition coefficient (Wildman–Crippen LogP) is 8.32. The van der Waals surface area contributed by atoms with Crippen molar-refractivity contribution in [2.24, 2.45) is 0 Å². The number of hydrogen-bond donors (Lipinski definition) is 0. The van der Waals surface area contributed by atoms with Gasteiger partial charge in [-0.3, -0.25) is 0 Å². The lowest BCUT2D eigenvalue weighted by Gasteiger charge is -2.43. The third kappa shape index (κ3) is 3.77. The summed E-state index contributed by atoms with van der Waals surface area (Å²) in [5.41, 5.74) is 15.2. The van der Waals surface area contributed by atoms with Crippen LogP contribution in [0.4, 0.5) is 33.4 Å². The molecule has 5 aromatic rings. The summed E-state index contributed by atoms with van der Waals surface area (Å²) in [5, 5.41) is 1.43. The van der Waals surface area contributed by atoms with Crippen LogP contribution < -0.4 is 26.2 Å². The van der Waals surface area contributed by atoms with Crippen molar-refractivity contribution in [1.29, 1.82) is 0 Å². The molecule has 2 nitrogen and oxygen atoms in total. The fourth-order valence-electron chi connectivity index (χ4n) is 7.32. The van der Waals surface area contributed by atoms with E-state index in [9.17, 15) is 0 Å². The minimum atomic E-state index is 0.122. The molecule has 3 aliphatic rings. The second kappa shape index (κ2) is 9.12. The summed E-state index contributed by atoms with van der Waals surface area (Å²) in [7, 11) is 0. The van der Waals surface area contributed by atoms with Crippen molar-refractivity contribution in [1.82, 2.24) is 0 Å². The third-order valence-corrected chi connectivity index (χ3v) is 10.5. The number of fused-ring (bicyclic) bond motifs is 6. The van der Waals surface area contributed by atoms with Crippen LogP contribution in [0.3, 0.4) is 0 Å². The van der Waals surface area contributed by atoms with Crippen LogP contribution >= 0.6 is 11.3 Å². The number of anilines is 6. The number of nitrogens with zero attached hydrogens (tertiary/aromatic N) is 2. The smallest absolute Gasteiger partial charge is 0.253 e. The molecule has 2 aliphatic heterocycles. The molecule has 41 heavy (non-hydrogen) atoms. The van der Waals surface area contributed by atoms with Gasteiger partial charge in [0.25, 0.3) is 6.71 Å². The van der Waals surface area contributed by atoms with Crippen LogP contribution in [0.25, 0.3) is 0 Å². The van der Waals surface area contributed by atoms with Gasteiger partial charge in [0, 0.05) is 33.3 Å². The normalized spacial score (nSPS) is 15.3. The van der Waals surface area contributed by atoms with Gasteiger partial charge in [-0.05, 0) is 114 Å². The molecule has 0 unspecified atom stereocenters. The summed E-state index contributed by atoms with van der Waals surface area (Å²) in [5.74, 6) is 0. The molecular weight excluding hydrogens is 515 g/mol. The van der Waals surface area contributed by atoms with Crippen molar-refractivity contribution in [2.75, 3.05) is 9.80 Å². The standard InChI is InChI=1S/C37H35BN2S/c1-24-22-31-35-32(23-24)40(26-12-6-5-7-13-26)36-34(28-14-8-11-17-33(28)41-36)38(35)29-15-9-10-16-30(29)39(31)27-20-18-25(19-21-27)37(2,3)4/h5-7,9-10,12-13,15-16,18-23H,8,11,14,17H2,1-4H3. The molecule has 0 radical (unpaired) electrons. The van der Waals surface area contributed by atoms with E-state index in [0.29, 0.717) is 0 Å². The molecule has 4 heteroatoms. The van der Waals surface area contributed by atoms with Crippen LogP contribution in [0.5, 0.6) is 0 Å². The molecule has 4 aromatic carbocycles. The Bertz CT molecular complexity index is 1800. The third-order valence-electron chi connectivity index (χ3n) is 9.23. The number of thiophene rings is 1. The lowest BCUT2D eigenvalue weighted by molar-refractivity contribution is 0.590. The number of hydrogen-bond acceptors (Lipinski definition) is 3. The fourth-order valence-corrected chi connectivity index (χ4v) is 8.78. The molecule has 0 N–H and O–H groups in total. The van der Waals surface area contributed by atoms with E-state index in [4.69, 9.17) is 0 Å². The topological polar surface area (TPSA) is 6.48 Å². The second-order valence-electron chi connectivity index (χ2n) is 12.9. The van der Waals surface area contributed by atoms with E-state index in [-0.39, 0.29) is 12.1 Å². The van der Waals surface area contributed by atoms with Crippen LogP contribution in [0.15, 0.2) is 91.0 Å². The van der Waals surface area contributed by atoms with Gasteiger partial charge < -0.3 is 9.80 Å². The van der Waals surface area contributed by atoms with Crippen LogP contribution in [-0.4, -0.2) is 6.71 Å². The van der Waals surface area contributed by atoms with Crippen LogP contribution in [0, 0.1) is 6.92 Å². The van der Waals surface area contributed by atoms with Crippen molar-refractivity contribution >= 4 is 67.9 Å². The quantitative estimate of drug-likeness (QED) is 0.200. The zero-order valence-electron chi connectivity index (χ0n) is 24.4. The highest BCUT2D eigenvalue weighted by atomic mass is 32.1. The largest absolute Gasteiger partial charge is 0.311 e. The van der Waals surface area contributed by atoms with E-state index in [1.165, 1.54) is 81.2 Å². The Morgan fingerprint density at radius 1 is 0.683 bits per heavy atom. The Kier molecular flexibility index (Phi) is 5.56. The summed E-state index contributed by atoms with van der Waals surface area (Å²) in [6.45, 7) is 9.37. The van der Waals surface area contributed by atoms with Crippen molar-refractivity contribution in [3.8, 4) is 0 Å². The van der Waals surface area contributed by atoms with E-state index in [1.807, 2.05) is 11.3 Å². The summed E-state index contributed by atoms with van der Waals surface area (Å²) in [6, 6.07) is 34.3. The van der Waals surface area contributed by atoms with Gasteiger partial charge in [0.15, 0.2) is 0 Å². The van der Waals surface area contributed by atoms with E-state index in [1.54, 1.807) is 15.9 Å². The maximum atomic E-state index is 2.58. The molecule has 1 aromatic heterocycles. The number of para-hydroxylation sites is 2. The lowest BCUT2D eigenvalue weighted by atomic mass is 9.33. The molecular formula is C37H35BN2S. The zero-order chi connectivity index (χ0) is 27.9. The van der Waals surface area contributed by atoms with Crippen molar-refractivity contribution in [3.05, 3.63) is 113 Å². The zero-order valence-corrected chi connectivity index (χ0v) is 25.2. The maximum Gasteiger partial charge on any atom is 0.253 e. The first kappa shape index (κ1) is 25.0. The summed E-state index contributed by atoms with van der Waals surface area (Å²) in [4.78, 5) is 6.71. The maximum absolute atomic E-state index is 2.58. The Morgan fingerprint density at radius 2 is 1.34 bits per heavy atom. The summed E-state index contributed by atoms with van der Waals surface area (Å²) in [6.07, 6.45) is 4.99. The number of aryl methyl sites for hydroxylation is 2. The van der Waals surface area contributed by atoms with Crippen LogP contribution in [0.2, 0.25) is 0 Å². The predicted molar refractivity (Wildman–Crippen MR) is 178 cm³/mol. The van der Waals surface area contributed by atoms with Gasteiger partial charge >= 0.3 is 0 Å². The molecule has 202 valence electrons. The fraction of sp³-hybridized carbons (Fsp3) is 0.243. The highest BCUT2D eigenvalue weighted by Gasteiger charge is 2.46. The SMILES string of the molecule is Cc1cc2c3c(c1)N(c1ccccc1)c1sc4c(c1B3c1ccccc1N2c1ccc(C(C)(C)C)cc1)CCCC4. The summed E-state index contributed by atoms with van der Waals surface area (Å²) >= 11 is 2.05. The van der Waals surface area contributed by atoms with Crippen molar-refractivity contribution in [2.45, 2.75) is 58.8 Å².